The van der Waals surface area contributed by atoms with E-state index in [1.807, 2.05) is 6.92 Å². The predicted molar refractivity (Wildman–Crippen MR) is 92.5 cm³/mol. The van der Waals surface area contributed by atoms with Gasteiger partial charge < -0.3 is 14.2 Å². The molecule has 0 bridgehead atoms. The van der Waals surface area contributed by atoms with E-state index < -0.39 is 5.41 Å². The maximum atomic E-state index is 12.7. The van der Waals surface area contributed by atoms with E-state index in [1.165, 1.54) is 0 Å². The normalized spacial score (nSPS) is 26.7. The van der Waals surface area contributed by atoms with E-state index in [0.717, 1.165) is 19.3 Å². The van der Waals surface area contributed by atoms with Crippen LogP contribution >= 0.6 is 0 Å². The number of ether oxygens (including phenoxy) is 3. The lowest BCUT2D eigenvalue weighted by atomic mass is 9.79. The monoisotopic (exact) mass is 342 g/mol. The molecule has 5 heteroatoms. The van der Waals surface area contributed by atoms with Crippen LogP contribution < -0.4 is 0 Å². The Balaban J connectivity index is 2.68. The van der Waals surface area contributed by atoms with Crippen LogP contribution in [0.5, 0.6) is 0 Å². The quantitative estimate of drug-likeness (QED) is 0.629. The van der Waals surface area contributed by atoms with Crippen molar-refractivity contribution in [1.29, 1.82) is 0 Å². The minimum atomic E-state index is -0.808. The fraction of sp³-hybridized carbons (Fsp3) is 0.895. The van der Waals surface area contributed by atoms with Gasteiger partial charge in [-0.15, -0.1) is 0 Å². The molecule has 1 aliphatic carbocycles. The summed E-state index contributed by atoms with van der Waals surface area (Å²) < 4.78 is 16.6. The van der Waals surface area contributed by atoms with E-state index in [-0.39, 0.29) is 30.8 Å². The van der Waals surface area contributed by atoms with Gasteiger partial charge in [0.25, 0.3) is 0 Å². The first-order valence-corrected chi connectivity index (χ1v) is 9.16. The molecule has 1 fully saturated rings. The van der Waals surface area contributed by atoms with Crippen molar-refractivity contribution in [1.82, 2.24) is 0 Å². The summed E-state index contributed by atoms with van der Waals surface area (Å²) >= 11 is 0. The van der Waals surface area contributed by atoms with Crippen LogP contribution in [0.1, 0.15) is 66.7 Å². The molecule has 0 amide bonds. The molecular weight excluding hydrogens is 308 g/mol. The average Bonchev–Trinajstić information content (AvgIpc) is 2.59. The van der Waals surface area contributed by atoms with E-state index >= 15 is 0 Å². The van der Waals surface area contributed by atoms with Crippen molar-refractivity contribution in [2.45, 2.75) is 78.9 Å². The Bertz CT molecular complexity index is 420. The predicted octanol–water partition coefficient (Wildman–Crippen LogP) is 3.74. The van der Waals surface area contributed by atoms with Crippen molar-refractivity contribution >= 4 is 11.9 Å². The Morgan fingerprint density at radius 3 is 2.33 bits per heavy atom. The number of methoxy groups -OCH3 is 1. The summed E-state index contributed by atoms with van der Waals surface area (Å²) in [6, 6.07) is 0. The lowest BCUT2D eigenvalue weighted by Gasteiger charge is -2.38. The lowest BCUT2D eigenvalue weighted by molar-refractivity contribution is -0.177. The number of carbonyl (C=O) groups is 2. The average molecular weight is 342 g/mol. The lowest BCUT2D eigenvalue weighted by Crippen LogP contribution is -2.44. The van der Waals surface area contributed by atoms with Crippen LogP contribution in [-0.2, 0) is 23.8 Å². The first-order valence-electron chi connectivity index (χ1n) is 9.16. The summed E-state index contributed by atoms with van der Waals surface area (Å²) in [4.78, 5) is 24.1. The molecule has 0 N–H and O–H groups in total. The maximum Gasteiger partial charge on any atom is 0.315 e. The molecule has 1 saturated carbocycles. The van der Waals surface area contributed by atoms with E-state index in [2.05, 4.69) is 13.8 Å². The highest BCUT2D eigenvalue weighted by molar-refractivity contribution is 5.77. The molecule has 0 aliphatic heterocycles. The summed E-state index contributed by atoms with van der Waals surface area (Å²) in [5, 5.41) is 0. The molecule has 0 radical (unpaired) electrons. The molecule has 0 heterocycles. The van der Waals surface area contributed by atoms with E-state index in [0.29, 0.717) is 24.7 Å². The van der Waals surface area contributed by atoms with Crippen LogP contribution in [0.3, 0.4) is 0 Å². The van der Waals surface area contributed by atoms with Crippen LogP contribution in [0, 0.1) is 17.3 Å². The summed E-state index contributed by atoms with van der Waals surface area (Å²) in [6.07, 6.45) is 3.37. The molecule has 1 rings (SSSR count). The zero-order chi connectivity index (χ0) is 18.3. The van der Waals surface area contributed by atoms with Gasteiger partial charge in [-0.2, -0.15) is 0 Å². The Kier molecular flexibility index (Phi) is 8.20. The van der Waals surface area contributed by atoms with Crippen molar-refractivity contribution in [3.05, 3.63) is 0 Å². The van der Waals surface area contributed by atoms with Crippen molar-refractivity contribution in [3.8, 4) is 0 Å². The van der Waals surface area contributed by atoms with Gasteiger partial charge in [0, 0.05) is 13.5 Å². The molecular formula is C19H34O5. The van der Waals surface area contributed by atoms with Crippen molar-refractivity contribution in [2.24, 2.45) is 17.3 Å². The molecule has 1 aliphatic rings. The summed E-state index contributed by atoms with van der Waals surface area (Å²) in [5.41, 5.74) is -0.808. The Morgan fingerprint density at radius 1 is 1.17 bits per heavy atom. The highest BCUT2D eigenvalue weighted by Gasteiger charge is 2.40. The SMILES string of the molecule is CCC(=O)OC[C@](C)(CC)C(=O)O[C@@H]1CC[C@@H](C(C)C)C[C@H]1OC. The standard InChI is InChI=1S/C19H34O5/c1-7-17(20)23-12-19(5,8-2)18(21)24-15-10-9-14(13(3)4)11-16(15)22-6/h13-16H,7-12H2,1-6H3/t14-,15-,16-,19+/m1/s1. The number of carbonyl (C=O) groups excluding carboxylic acids is 2. The molecule has 24 heavy (non-hydrogen) atoms. The van der Waals surface area contributed by atoms with Crippen molar-refractivity contribution < 1.29 is 23.8 Å². The van der Waals surface area contributed by atoms with Crippen LogP contribution in [0.25, 0.3) is 0 Å². The number of rotatable bonds is 8. The largest absolute Gasteiger partial charge is 0.464 e. The van der Waals surface area contributed by atoms with Crippen molar-refractivity contribution in [2.75, 3.05) is 13.7 Å². The van der Waals surface area contributed by atoms with Gasteiger partial charge in [0.05, 0.1) is 11.5 Å². The van der Waals surface area contributed by atoms with E-state index in [4.69, 9.17) is 14.2 Å². The molecule has 4 atom stereocenters. The summed E-state index contributed by atoms with van der Waals surface area (Å²) in [7, 11) is 1.68. The molecule has 0 aromatic rings. The van der Waals surface area contributed by atoms with Crippen molar-refractivity contribution in [3.63, 3.8) is 0 Å². The first kappa shape index (κ1) is 20.9. The van der Waals surface area contributed by atoms with Gasteiger partial charge in [-0.25, -0.2) is 0 Å². The van der Waals surface area contributed by atoms with E-state index in [1.54, 1.807) is 21.0 Å². The Labute approximate surface area is 146 Å². The van der Waals surface area contributed by atoms with Gasteiger partial charge in [-0.1, -0.05) is 27.7 Å². The molecule has 0 aromatic heterocycles. The molecule has 0 aromatic carbocycles. The number of hydrogen-bond donors (Lipinski definition) is 0. The molecule has 140 valence electrons. The van der Waals surface area contributed by atoms with Crippen LogP contribution in [0.15, 0.2) is 0 Å². The van der Waals surface area contributed by atoms with Gasteiger partial charge in [0.1, 0.15) is 12.7 Å². The zero-order valence-electron chi connectivity index (χ0n) is 16.1. The second-order valence-corrected chi connectivity index (χ2v) is 7.46. The molecule has 0 saturated heterocycles. The van der Waals surface area contributed by atoms with Crippen LogP contribution in [0.2, 0.25) is 0 Å². The second kappa shape index (κ2) is 9.40. The topological polar surface area (TPSA) is 61.8 Å². The molecule has 0 spiro atoms. The molecule has 5 nitrogen and oxygen atoms in total. The third-order valence-corrected chi connectivity index (χ3v) is 5.39. The van der Waals surface area contributed by atoms with Gasteiger partial charge in [-0.3, -0.25) is 9.59 Å². The van der Waals surface area contributed by atoms with E-state index in [9.17, 15) is 9.59 Å². The minimum Gasteiger partial charge on any atom is -0.464 e. The summed E-state index contributed by atoms with van der Waals surface area (Å²) in [5.74, 6) is 0.611. The maximum absolute atomic E-state index is 12.7. The first-order chi connectivity index (χ1) is 11.3. The van der Waals surface area contributed by atoms with Crippen LogP contribution in [0.4, 0.5) is 0 Å². The second-order valence-electron chi connectivity index (χ2n) is 7.46. The fourth-order valence-electron chi connectivity index (χ4n) is 3.05. The van der Waals surface area contributed by atoms with Gasteiger partial charge in [-0.05, 0) is 44.4 Å². The number of esters is 2. The van der Waals surface area contributed by atoms with Crippen LogP contribution in [-0.4, -0.2) is 37.9 Å². The number of hydrogen-bond acceptors (Lipinski definition) is 5. The van der Waals surface area contributed by atoms with Gasteiger partial charge >= 0.3 is 11.9 Å². The Morgan fingerprint density at radius 2 is 1.83 bits per heavy atom. The zero-order valence-corrected chi connectivity index (χ0v) is 16.1. The fourth-order valence-corrected chi connectivity index (χ4v) is 3.05. The highest BCUT2D eigenvalue weighted by Crippen LogP contribution is 2.34. The van der Waals surface area contributed by atoms with Gasteiger partial charge in [0.15, 0.2) is 0 Å². The van der Waals surface area contributed by atoms with Gasteiger partial charge in [0.2, 0.25) is 0 Å². The minimum absolute atomic E-state index is 0.0607. The molecule has 0 unspecified atom stereocenters. The smallest absolute Gasteiger partial charge is 0.315 e. The Hall–Kier alpha value is -1.10. The highest BCUT2D eigenvalue weighted by atomic mass is 16.6. The summed E-state index contributed by atoms with van der Waals surface area (Å²) in [6.45, 7) is 9.94. The third kappa shape index (κ3) is 5.47. The third-order valence-electron chi connectivity index (χ3n) is 5.39.